The van der Waals surface area contributed by atoms with Crippen LogP contribution < -0.4 is 4.74 Å². The Hall–Kier alpha value is -1.31. The zero-order valence-electron chi connectivity index (χ0n) is 10.0. The van der Waals surface area contributed by atoms with E-state index in [9.17, 15) is 4.79 Å². The Labute approximate surface area is 96.6 Å². The molecule has 0 saturated carbocycles. The SMILES string of the molecule is CCC(=O)c1ccc(OC)c2c1CCCC2. The van der Waals surface area contributed by atoms with Crippen molar-refractivity contribution in [2.75, 3.05) is 7.11 Å². The topological polar surface area (TPSA) is 26.3 Å². The Morgan fingerprint density at radius 1 is 1.25 bits per heavy atom. The summed E-state index contributed by atoms with van der Waals surface area (Å²) in [6.45, 7) is 1.92. The predicted molar refractivity (Wildman–Crippen MR) is 64.3 cm³/mol. The molecule has 0 bridgehead atoms. The van der Waals surface area contributed by atoms with Gasteiger partial charge >= 0.3 is 0 Å². The molecule has 0 saturated heterocycles. The standard InChI is InChI=1S/C14H18O2/c1-3-13(15)11-8-9-14(16-2)12-7-5-4-6-10(11)12/h8-9H,3-7H2,1-2H3. The van der Waals surface area contributed by atoms with Gasteiger partial charge in [0.2, 0.25) is 0 Å². The van der Waals surface area contributed by atoms with Crippen LogP contribution in [0, 0.1) is 0 Å². The average molecular weight is 218 g/mol. The minimum Gasteiger partial charge on any atom is -0.496 e. The molecule has 0 radical (unpaired) electrons. The quantitative estimate of drug-likeness (QED) is 0.728. The fourth-order valence-electron chi connectivity index (χ4n) is 2.48. The van der Waals surface area contributed by atoms with E-state index >= 15 is 0 Å². The summed E-state index contributed by atoms with van der Waals surface area (Å²) >= 11 is 0. The number of Topliss-reactive ketones (excluding diaryl/α,β-unsaturated/α-hetero) is 1. The van der Waals surface area contributed by atoms with Crippen molar-refractivity contribution in [3.05, 3.63) is 28.8 Å². The molecule has 2 rings (SSSR count). The van der Waals surface area contributed by atoms with Gasteiger partial charge in [0.05, 0.1) is 7.11 Å². The highest BCUT2D eigenvalue weighted by Gasteiger charge is 2.19. The smallest absolute Gasteiger partial charge is 0.162 e. The van der Waals surface area contributed by atoms with Crippen molar-refractivity contribution in [2.24, 2.45) is 0 Å². The predicted octanol–water partition coefficient (Wildman–Crippen LogP) is 3.17. The maximum atomic E-state index is 11.8. The summed E-state index contributed by atoms with van der Waals surface area (Å²) in [7, 11) is 1.70. The van der Waals surface area contributed by atoms with Crippen molar-refractivity contribution in [3.8, 4) is 5.75 Å². The van der Waals surface area contributed by atoms with Crippen molar-refractivity contribution in [1.82, 2.24) is 0 Å². The fraction of sp³-hybridized carbons (Fsp3) is 0.500. The van der Waals surface area contributed by atoms with Crippen LogP contribution in [-0.2, 0) is 12.8 Å². The lowest BCUT2D eigenvalue weighted by Crippen LogP contribution is -2.11. The maximum Gasteiger partial charge on any atom is 0.162 e. The zero-order valence-corrected chi connectivity index (χ0v) is 10.0. The zero-order chi connectivity index (χ0) is 11.5. The van der Waals surface area contributed by atoms with Gasteiger partial charge in [0.25, 0.3) is 0 Å². The van der Waals surface area contributed by atoms with Crippen molar-refractivity contribution < 1.29 is 9.53 Å². The van der Waals surface area contributed by atoms with Gasteiger partial charge in [-0.2, -0.15) is 0 Å². The number of ether oxygens (including phenoxy) is 1. The van der Waals surface area contributed by atoms with E-state index < -0.39 is 0 Å². The van der Waals surface area contributed by atoms with Gasteiger partial charge in [-0.15, -0.1) is 0 Å². The molecule has 1 aliphatic rings. The molecule has 0 N–H and O–H groups in total. The Bertz CT molecular complexity index is 407. The fourth-order valence-corrected chi connectivity index (χ4v) is 2.48. The average Bonchev–Trinajstić information content (AvgIpc) is 2.36. The molecule has 0 spiro atoms. The lowest BCUT2D eigenvalue weighted by atomic mass is 9.86. The van der Waals surface area contributed by atoms with Crippen LogP contribution in [0.1, 0.15) is 47.7 Å². The van der Waals surface area contributed by atoms with Gasteiger partial charge in [-0.25, -0.2) is 0 Å². The summed E-state index contributed by atoms with van der Waals surface area (Å²) < 4.78 is 5.37. The molecule has 1 aromatic carbocycles. The first-order chi connectivity index (χ1) is 7.77. The highest BCUT2D eigenvalue weighted by atomic mass is 16.5. The van der Waals surface area contributed by atoms with Crippen LogP contribution in [0.4, 0.5) is 0 Å². The molecular formula is C14H18O2. The molecule has 1 aromatic rings. The van der Waals surface area contributed by atoms with Crippen molar-refractivity contribution in [3.63, 3.8) is 0 Å². The van der Waals surface area contributed by atoms with Crippen LogP contribution in [0.5, 0.6) is 5.75 Å². The number of carbonyl (C=O) groups is 1. The number of fused-ring (bicyclic) bond motifs is 1. The van der Waals surface area contributed by atoms with Crippen LogP contribution in [0.3, 0.4) is 0 Å². The maximum absolute atomic E-state index is 11.8. The third kappa shape index (κ3) is 1.84. The van der Waals surface area contributed by atoms with E-state index in [0.29, 0.717) is 6.42 Å². The second-order valence-corrected chi connectivity index (χ2v) is 4.26. The van der Waals surface area contributed by atoms with Gasteiger partial charge in [-0.1, -0.05) is 6.92 Å². The largest absolute Gasteiger partial charge is 0.496 e. The first-order valence-corrected chi connectivity index (χ1v) is 5.99. The number of hydrogen-bond donors (Lipinski definition) is 0. The molecule has 0 aromatic heterocycles. The molecular weight excluding hydrogens is 200 g/mol. The highest BCUT2D eigenvalue weighted by Crippen LogP contribution is 2.32. The second-order valence-electron chi connectivity index (χ2n) is 4.26. The lowest BCUT2D eigenvalue weighted by Gasteiger charge is -2.21. The molecule has 2 nitrogen and oxygen atoms in total. The molecule has 0 amide bonds. The van der Waals surface area contributed by atoms with E-state index in [1.54, 1.807) is 7.11 Å². The molecule has 86 valence electrons. The van der Waals surface area contributed by atoms with E-state index in [-0.39, 0.29) is 5.78 Å². The minimum atomic E-state index is 0.251. The summed E-state index contributed by atoms with van der Waals surface area (Å²) in [5.74, 6) is 1.20. The van der Waals surface area contributed by atoms with E-state index in [1.165, 1.54) is 24.0 Å². The van der Waals surface area contributed by atoms with Crippen molar-refractivity contribution >= 4 is 5.78 Å². The van der Waals surface area contributed by atoms with Gasteiger partial charge in [0, 0.05) is 12.0 Å². The summed E-state index contributed by atoms with van der Waals surface area (Å²) in [5.41, 5.74) is 3.41. The molecule has 0 atom stereocenters. The van der Waals surface area contributed by atoms with Gasteiger partial charge in [0.1, 0.15) is 5.75 Å². The second kappa shape index (κ2) is 4.69. The Balaban J connectivity index is 2.52. The van der Waals surface area contributed by atoms with E-state index in [0.717, 1.165) is 24.2 Å². The number of hydrogen-bond acceptors (Lipinski definition) is 2. The number of ketones is 1. The summed E-state index contributed by atoms with van der Waals surface area (Å²) in [6, 6.07) is 3.86. The number of carbonyl (C=O) groups excluding carboxylic acids is 1. The van der Waals surface area contributed by atoms with Crippen LogP contribution >= 0.6 is 0 Å². The van der Waals surface area contributed by atoms with Gasteiger partial charge in [-0.05, 0) is 48.9 Å². The summed E-state index contributed by atoms with van der Waals surface area (Å²) in [6.07, 6.45) is 5.03. The van der Waals surface area contributed by atoms with Crippen molar-refractivity contribution in [1.29, 1.82) is 0 Å². The molecule has 0 heterocycles. The first-order valence-electron chi connectivity index (χ1n) is 5.99. The van der Waals surface area contributed by atoms with Gasteiger partial charge < -0.3 is 4.74 Å². The molecule has 1 aliphatic carbocycles. The minimum absolute atomic E-state index is 0.251. The molecule has 16 heavy (non-hydrogen) atoms. The lowest BCUT2D eigenvalue weighted by molar-refractivity contribution is 0.0987. The molecule has 0 fully saturated rings. The normalized spacial score (nSPS) is 14.4. The van der Waals surface area contributed by atoms with Gasteiger partial charge in [-0.3, -0.25) is 4.79 Å². The Morgan fingerprint density at radius 2 is 1.94 bits per heavy atom. The first kappa shape index (κ1) is 11.2. The van der Waals surface area contributed by atoms with Gasteiger partial charge in [0.15, 0.2) is 5.78 Å². The number of benzene rings is 1. The molecule has 2 heteroatoms. The highest BCUT2D eigenvalue weighted by molar-refractivity contribution is 5.98. The number of rotatable bonds is 3. The van der Waals surface area contributed by atoms with Crippen LogP contribution in [-0.4, -0.2) is 12.9 Å². The van der Waals surface area contributed by atoms with E-state index in [1.807, 2.05) is 19.1 Å². The summed E-state index contributed by atoms with van der Waals surface area (Å²) in [5, 5.41) is 0. The van der Waals surface area contributed by atoms with Crippen LogP contribution in [0.15, 0.2) is 12.1 Å². The number of methoxy groups -OCH3 is 1. The Kier molecular flexibility index (Phi) is 3.28. The third-order valence-corrected chi connectivity index (χ3v) is 3.33. The summed E-state index contributed by atoms with van der Waals surface area (Å²) in [4.78, 5) is 11.8. The third-order valence-electron chi connectivity index (χ3n) is 3.33. The van der Waals surface area contributed by atoms with Crippen molar-refractivity contribution in [2.45, 2.75) is 39.0 Å². The van der Waals surface area contributed by atoms with Crippen LogP contribution in [0.25, 0.3) is 0 Å². The Morgan fingerprint density at radius 3 is 2.56 bits per heavy atom. The molecule has 0 unspecified atom stereocenters. The monoisotopic (exact) mass is 218 g/mol. The van der Waals surface area contributed by atoms with E-state index in [2.05, 4.69) is 0 Å². The van der Waals surface area contributed by atoms with E-state index in [4.69, 9.17) is 4.74 Å². The van der Waals surface area contributed by atoms with Crippen LogP contribution in [0.2, 0.25) is 0 Å². The molecule has 0 aliphatic heterocycles.